The Morgan fingerprint density at radius 2 is 1.96 bits per heavy atom. The van der Waals surface area contributed by atoms with E-state index in [4.69, 9.17) is 9.47 Å². The fourth-order valence-electron chi connectivity index (χ4n) is 2.39. The van der Waals surface area contributed by atoms with Gasteiger partial charge in [-0.1, -0.05) is 12.1 Å². The average Bonchev–Trinajstić information content (AvgIpc) is 3.07. The molecule has 0 aliphatic rings. The molecule has 3 rings (SSSR count). The van der Waals surface area contributed by atoms with Gasteiger partial charge in [0.15, 0.2) is 5.82 Å². The summed E-state index contributed by atoms with van der Waals surface area (Å²) in [5, 5.41) is 14.3. The molecule has 0 saturated carbocycles. The molecule has 25 heavy (non-hydrogen) atoms. The van der Waals surface area contributed by atoms with E-state index in [0.717, 1.165) is 5.56 Å². The lowest BCUT2D eigenvalue weighted by atomic mass is 10.1. The minimum absolute atomic E-state index is 0.284. The van der Waals surface area contributed by atoms with Gasteiger partial charge in [-0.2, -0.15) is 0 Å². The summed E-state index contributed by atoms with van der Waals surface area (Å²) in [6.07, 6.45) is 0. The summed E-state index contributed by atoms with van der Waals surface area (Å²) < 4.78 is 12.0. The number of methoxy groups -OCH3 is 2. The molecule has 1 N–H and O–H groups in total. The highest BCUT2D eigenvalue weighted by Crippen LogP contribution is 2.26. The van der Waals surface area contributed by atoms with E-state index >= 15 is 0 Å². The first kappa shape index (κ1) is 16.4. The third-order valence-corrected chi connectivity index (χ3v) is 3.65. The van der Waals surface area contributed by atoms with Gasteiger partial charge >= 0.3 is 0 Å². The molecular formula is C17H17N5O3. The fourth-order valence-corrected chi connectivity index (χ4v) is 2.39. The molecule has 0 aliphatic carbocycles. The van der Waals surface area contributed by atoms with Crippen LogP contribution in [0.5, 0.6) is 11.5 Å². The first-order valence-electron chi connectivity index (χ1n) is 7.48. The van der Waals surface area contributed by atoms with Crippen molar-refractivity contribution in [3.63, 3.8) is 0 Å². The van der Waals surface area contributed by atoms with Crippen molar-refractivity contribution < 1.29 is 14.3 Å². The van der Waals surface area contributed by atoms with Gasteiger partial charge in [-0.15, -0.1) is 5.10 Å². The zero-order chi connectivity index (χ0) is 17.8. The summed E-state index contributed by atoms with van der Waals surface area (Å²) in [4.78, 5) is 12.6. The fraction of sp³-hybridized carbons (Fsp3) is 0.176. The molecule has 2 aromatic carbocycles. The van der Waals surface area contributed by atoms with Crippen molar-refractivity contribution in [3.8, 4) is 22.9 Å². The van der Waals surface area contributed by atoms with E-state index in [9.17, 15) is 4.79 Å². The molecule has 0 radical (unpaired) electrons. The van der Waals surface area contributed by atoms with Crippen LogP contribution in [0.2, 0.25) is 0 Å². The van der Waals surface area contributed by atoms with E-state index in [1.807, 2.05) is 12.1 Å². The van der Waals surface area contributed by atoms with Crippen LogP contribution in [0.3, 0.4) is 0 Å². The highest BCUT2D eigenvalue weighted by atomic mass is 16.5. The predicted molar refractivity (Wildman–Crippen MR) is 91.7 cm³/mol. The Labute approximate surface area is 144 Å². The molecule has 8 heteroatoms. The third-order valence-electron chi connectivity index (χ3n) is 3.65. The highest BCUT2D eigenvalue weighted by molar-refractivity contribution is 6.06. The molecule has 0 saturated heterocycles. The zero-order valence-corrected chi connectivity index (χ0v) is 14.1. The van der Waals surface area contributed by atoms with Crippen molar-refractivity contribution in [1.29, 1.82) is 0 Å². The van der Waals surface area contributed by atoms with Gasteiger partial charge in [-0.25, -0.2) is 4.68 Å². The summed E-state index contributed by atoms with van der Waals surface area (Å²) in [6, 6.07) is 12.3. The molecule has 8 nitrogen and oxygen atoms in total. The lowest BCUT2D eigenvalue weighted by molar-refractivity contribution is 0.102. The molecule has 1 amide bonds. The Balaban J connectivity index is 1.86. The minimum Gasteiger partial charge on any atom is -0.497 e. The van der Waals surface area contributed by atoms with E-state index < -0.39 is 0 Å². The number of benzene rings is 2. The van der Waals surface area contributed by atoms with Crippen LogP contribution in [0.25, 0.3) is 11.4 Å². The molecule has 3 aromatic rings. The van der Waals surface area contributed by atoms with Crippen molar-refractivity contribution in [2.75, 3.05) is 19.5 Å². The first-order valence-corrected chi connectivity index (χ1v) is 7.48. The third kappa shape index (κ3) is 3.42. The number of tetrazole rings is 1. The Morgan fingerprint density at radius 3 is 2.64 bits per heavy atom. The van der Waals surface area contributed by atoms with Crippen molar-refractivity contribution in [3.05, 3.63) is 48.0 Å². The van der Waals surface area contributed by atoms with Gasteiger partial charge < -0.3 is 14.8 Å². The summed E-state index contributed by atoms with van der Waals surface area (Å²) in [5.74, 6) is 1.38. The largest absolute Gasteiger partial charge is 0.497 e. The lowest BCUT2D eigenvalue weighted by Gasteiger charge is -2.11. The topological polar surface area (TPSA) is 91.2 Å². The lowest BCUT2D eigenvalue weighted by Crippen LogP contribution is -2.13. The molecule has 0 aliphatic heterocycles. The Morgan fingerprint density at radius 1 is 1.12 bits per heavy atom. The number of aryl methyl sites for hydroxylation is 1. The number of nitrogens with zero attached hydrogens (tertiary/aromatic N) is 4. The van der Waals surface area contributed by atoms with Crippen LogP contribution in [-0.4, -0.2) is 40.3 Å². The second-order valence-electron chi connectivity index (χ2n) is 5.23. The second-order valence-corrected chi connectivity index (χ2v) is 5.23. The Kier molecular flexibility index (Phi) is 4.60. The van der Waals surface area contributed by atoms with E-state index in [0.29, 0.717) is 28.6 Å². The van der Waals surface area contributed by atoms with Crippen molar-refractivity contribution in [2.24, 2.45) is 7.05 Å². The van der Waals surface area contributed by atoms with Gasteiger partial charge in [0.2, 0.25) is 0 Å². The number of ether oxygens (including phenoxy) is 2. The maximum Gasteiger partial charge on any atom is 0.259 e. The molecule has 0 fully saturated rings. The number of rotatable bonds is 5. The van der Waals surface area contributed by atoms with Gasteiger partial charge in [-0.3, -0.25) is 4.79 Å². The van der Waals surface area contributed by atoms with Crippen LogP contribution < -0.4 is 14.8 Å². The van der Waals surface area contributed by atoms with Crippen LogP contribution in [0.1, 0.15) is 10.4 Å². The van der Waals surface area contributed by atoms with E-state index in [2.05, 4.69) is 20.8 Å². The monoisotopic (exact) mass is 339 g/mol. The van der Waals surface area contributed by atoms with Crippen LogP contribution in [-0.2, 0) is 7.05 Å². The Hall–Kier alpha value is -3.42. The number of amides is 1. The van der Waals surface area contributed by atoms with Crippen LogP contribution in [0.15, 0.2) is 42.5 Å². The van der Waals surface area contributed by atoms with Crippen LogP contribution in [0, 0.1) is 0 Å². The smallest absolute Gasteiger partial charge is 0.259 e. The Bertz CT molecular complexity index is 907. The van der Waals surface area contributed by atoms with Gasteiger partial charge in [0.1, 0.15) is 11.5 Å². The quantitative estimate of drug-likeness (QED) is 0.766. The molecule has 0 bridgehead atoms. The number of aromatic nitrogens is 4. The number of hydrogen-bond donors (Lipinski definition) is 1. The summed E-state index contributed by atoms with van der Waals surface area (Å²) >= 11 is 0. The van der Waals surface area contributed by atoms with E-state index in [1.165, 1.54) is 7.11 Å². The van der Waals surface area contributed by atoms with Crippen LogP contribution >= 0.6 is 0 Å². The van der Waals surface area contributed by atoms with Crippen molar-refractivity contribution in [2.45, 2.75) is 0 Å². The molecule has 1 heterocycles. The van der Waals surface area contributed by atoms with E-state index in [-0.39, 0.29) is 5.91 Å². The van der Waals surface area contributed by atoms with Crippen molar-refractivity contribution >= 4 is 11.6 Å². The summed E-state index contributed by atoms with van der Waals surface area (Å²) in [5.41, 5.74) is 1.84. The normalized spacial score (nSPS) is 10.4. The maximum absolute atomic E-state index is 12.6. The number of carbonyl (C=O) groups excluding carboxylic acids is 1. The highest BCUT2D eigenvalue weighted by Gasteiger charge is 2.14. The summed E-state index contributed by atoms with van der Waals surface area (Å²) in [6.45, 7) is 0. The maximum atomic E-state index is 12.6. The van der Waals surface area contributed by atoms with Gasteiger partial charge in [0.05, 0.1) is 19.8 Å². The standard InChI is InChI=1S/C17H17N5O3/c1-22-16(19-20-21-22)11-5-4-6-12(9-11)18-17(23)14-8-7-13(24-2)10-15(14)25-3/h4-10H,1-3H3,(H,18,23). The van der Waals surface area contributed by atoms with Gasteiger partial charge in [-0.05, 0) is 34.7 Å². The number of anilines is 1. The van der Waals surface area contributed by atoms with Crippen molar-refractivity contribution in [1.82, 2.24) is 20.2 Å². The molecule has 0 spiro atoms. The molecule has 0 unspecified atom stereocenters. The van der Waals surface area contributed by atoms with Crippen LogP contribution in [0.4, 0.5) is 5.69 Å². The number of nitrogens with one attached hydrogen (secondary N) is 1. The molecule has 128 valence electrons. The molecular weight excluding hydrogens is 322 g/mol. The average molecular weight is 339 g/mol. The second kappa shape index (κ2) is 7.00. The predicted octanol–water partition coefficient (Wildman–Crippen LogP) is 2.15. The summed E-state index contributed by atoms with van der Waals surface area (Å²) in [7, 11) is 4.82. The minimum atomic E-state index is -0.284. The number of hydrogen-bond acceptors (Lipinski definition) is 6. The van der Waals surface area contributed by atoms with E-state index in [1.54, 1.807) is 49.2 Å². The van der Waals surface area contributed by atoms with Gasteiger partial charge in [0, 0.05) is 24.4 Å². The molecule has 1 aromatic heterocycles. The SMILES string of the molecule is COc1ccc(C(=O)Nc2cccc(-c3nnnn3C)c2)c(OC)c1. The first-order chi connectivity index (χ1) is 12.1. The van der Waals surface area contributed by atoms with Gasteiger partial charge in [0.25, 0.3) is 5.91 Å². The molecule has 0 atom stereocenters. The number of carbonyl (C=O) groups is 1. The zero-order valence-electron chi connectivity index (χ0n) is 14.1.